The van der Waals surface area contributed by atoms with Crippen LogP contribution >= 0.6 is 72.3 Å². The largest absolute Gasteiger partial charge is 0.179 e. The van der Waals surface area contributed by atoms with Gasteiger partial charge in [-0.25, -0.2) is 0 Å². The van der Waals surface area contributed by atoms with Crippen molar-refractivity contribution in [3.8, 4) is 0 Å². The summed E-state index contributed by atoms with van der Waals surface area (Å²) in [5.74, 6) is 4.56. The summed E-state index contributed by atoms with van der Waals surface area (Å²) in [5.41, 5.74) is 0. The monoisotopic (exact) mass is 368 g/mol. The molecule has 0 aromatic heterocycles. The predicted molar refractivity (Wildman–Crippen MR) is 113 cm³/mol. The van der Waals surface area contributed by atoms with E-state index < -0.39 is 0 Å². The van der Waals surface area contributed by atoms with Gasteiger partial charge >= 0.3 is 0 Å². The number of thioether (sulfide) groups is 4. The third-order valence-electron chi connectivity index (χ3n) is 1.01. The smallest absolute Gasteiger partial charge is 0.00625 e. The fourth-order valence-electron chi connectivity index (χ4n) is 0.418. The van der Waals surface area contributed by atoms with Gasteiger partial charge in [0, 0.05) is 0 Å². The maximum atomic E-state index is 3.95. The Kier molecular flexibility index (Phi) is 67.2. The van der Waals surface area contributed by atoms with Crippen LogP contribution in [0.4, 0.5) is 0 Å². The van der Waals surface area contributed by atoms with Crippen molar-refractivity contribution in [2.24, 2.45) is 0 Å². The lowest BCUT2D eigenvalue weighted by Gasteiger charge is -1.90. The van der Waals surface area contributed by atoms with Crippen molar-refractivity contribution < 1.29 is 0 Å². The predicted octanol–water partition coefficient (Wildman–Crippen LogP) is 5.30. The molecule has 0 rings (SSSR count). The van der Waals surface area contributed by atoms with E-state index >= 15 is 0 Å². The average Bonchev–Trinajstić information content (AvgIpc) is 2.34. The Morgan fingerprint density at radius 1 is 0.611 bits per heavy atom. The Balaban J connectivity index is -0.0000000784. The summed E-state index contributed by atoms with van der Waals surface area (Å²) in [5, 5.41) is 0. The molecule has 0 aromatic carbocycles. The minimum Gasteiger partial charge on any atom is -0.179 e. The summed E-state index contributed by atoms with van der Waals surface area (Å²) in [6.45, 7) is 0. The standard InChI is InChI=1S/C5H12S2.C3H8S2.2C2H6S/c1-6-4-3-5-7-2;4-2-1-3-5;2*1-3-2/h3-5H2,1-2H3;4-5H,1-3H2;2*1-2H3. The van der Waals surface area contributed by atoms with Gasteiger partial charge in [-0.15, -0.1) is 0 Å². The first-order valence-corrected chi connectivity index (χ1v) is 13.0. The van der Waals surface area contributed by atoms with E-state index in [1.54, 1.807) is 23.5 Å². The van der Waals surface area contributed by atoms with Crippen LogP contribution in [0.1, 0.15) is 12.8 Å². The Morgan fingerprint density at radius 2 is 0.889 bits per heavy atom. The zero-order valence-corrected chi connectivity index (χ0v) is 17.8. The first kappa shape index (κ1) is 28.3. The Bertz CT molecular complexity index is 75.0. The zero-order valence-electron chi connectivity index (χ0n) is 12.8. The second kappa shape index (κ2) is 42.7. The van der Waals surface area contributed by atoms with Gasteiger partial charge in [-0.05, 0) is 73.4 Å². The van der Waals surface area contributed by atoms with Crippen molar-refractivity contribution in [2.75, 3.05) is 60.5 Å². The first-order chi connectivity index (χ1) is 8.66. The lowest BCUT2D eigenvalue weighted by molar-refractivity contribution is 1.13. The Hall–Kier alpha value is 2.10. The molecule has 0 nitrogen and oxygen atoms in total. The van der Waals surface area contributed by atoms with Crippen LogP contribution in [0.3, 0.4) is 0 Å². The van der Waals surface area contributed by atoms with Crippen molar-refractivity contribution in [1.82, 2.24) is 0 Å². The van der Waals surface area contributed by atoms with Gasteiger partial charge in [0.1, 0.15) is 0 Å². The number of rotatable bonds is 6. The molecule has 0 aliphatic rings. The quantitative estimate of drug-likeness (QED) is 0.482. The fraction of sp³-hybridized carbons (Fsp3) is 1.00. The summed E-state index contributed by atoms with van der Waals surface area (Å²) in [7, 11) is 0. The van der Waals surface area contributed by atoms with E-state index in [1.807, 2.05) is 48.5 Å². The molecule has 0 radical (unpaired) electrons. The lowest BCUT2D eigenvalue weighted by atomic mass is 10.6. The first-order valence-electron chi connectivity index (χ1n) is 5.66. The molecule has 18 heavy (non-hydrogen) atoms. The summed E-state index contributed by atoms with van der Waals surface area (Å²) < 4.78 is 0. The van der Waals surface area contributed by atoms with Gasteiger partial charge in [-0.3, -0.25) is 0 Å². The van der Waals surface area contributed by atoms with Crippen LogP contribution < -0.4 is 0 Å². The van der Waals surface area contributed by atoms with Crippen molar-refractivity contribution in [1.29, 1.82) is 0 Å². The average molecular weight is 369 g/mol. The molecule has 0 aliphatic carbocycles. The molecule has 0 N–H and O–H groups in total. The van der Waals surface area contributed by atoms with Crippen LogP contribution in [0, 0.1) is 0 Å². The van der Waals surface area contributed by atoms with Crippen molar-refractivity contribution in [2.45, 2.75) is 12.8 Å². The lowest BCUT2D eigenvalue weighted by Crippen LogP contribution is -1.79. The Morgan fingerprint density at radius 3 is 1.00 bits per heavy atom. The van der Waals surface area contributed by atoms with E-state index in [2.05, 4.69) is 37.8 Å². The zero-order chi connectivity index (χ0) is 15.1. The van der Waals surface area contributed by atoms with Crippen molar-refractivity contribution >= 4 is 72.3 Å². The van der Waals surface area contributed by atoms with E-state index in [1.165, 1.54) is 17.9 Å². The number of hydrogen-bond acceptors (Lipinski definition) is 6. The summed E-state index contributed by atoms with van der Waals surface area (Å²) >= 11 is 15.3. The van der Waals surface area contributed by atoms with Crippen LogP contribution in [0.25, 0.3) is 0 Å². The molecule has 116 valence electrons. The highest BCUT2D eigenvalue weighted by Crippen LogP contribution is 2.00. The maximum Gasteiger partial charge on any atom is -0.00625 e. The van der Waals surface area contributed by atoms with Crippen molar-refractivity contribution in [3.63, 3.8) is 0 Å². The highest BCUT2D eigenvalue weighted by molar-refractivity contribution is 7.99. The summed E-state index contributed by atoms with van der Waals surface area (Å²) in [4.78, 5) is 0. The second-order valence-electron chi connectivity index (χ2n) is 2.96. The molecule has 0 aromatic rings. The van der Waals surface area contributed by atoms with Gasteiger partial charge in [-0.2, -0.15) is 72.3 Å². The molecular weight excluding hydrogens is 337 g/mol. The van der Waals surface area contributed by atoms with Crippen LogP contribution in [0.15, 0.2) is 0 Å². The molecule has 0 bridgehead atoms. The molecule has 0 atom stereocenters. The van der Waals surface area contributed by atoms with Gasteiger partial charge < -0.3 is 0 Å². The molecule has 0 unspecified atom stereocenters. The van der Waals surface area contributed by atoms with Gasteiger partial charge in [0.2, 0.25) is 0 Å². The molecule has 0 aliphatic heterocycles. The SMILES string of the molecule is CSC.CSC.CSCCCSC.SCCCS. The molecule has 0 saturated carbocycles. The normalized spacial score (nSPS) is 8.00. The third-order valence-corrected chi connectivity index (χ3v) is 3.04. The highest BCUT2D eigenvalue weighted by Gasteiger charge is 1.80. The summed E-state index contributed by atoms with van der Waals surface area (Å²) in [6, 6.07) is 0. The van der Waals surface area contributed by atoms with Crippen LogP contribution in [0.5, 0.6) is 0 Å². The molecule has 0 saturated heterocycles. The van der Waals surface area contributed by atoms with Crippen LogP contribution in [0.2, 0.25) is 0 Å². The third kappa shape index (κ3) is 80.7. The fourth-order valence-corrected chi connectivity index (χ4v) is 2.03. The maximum absolute atomic E-state index is 3.95. The number of hydrogen-bond donors (Lipinski definition) is 2. The van der Waals surface area contributed by atoms with E-state index in [4.69, 9.17) is 0 Å². The molecule has 0 heterocycles. The topological polar surface area (TPSA) is 0 Å². The number of thiol groups is 2. The highest BCUT2D eigenvalue weighted by atomic mass is 32.2. The van der Waals surface area contributed by atoms with E-state index in [0.717, 1.165) is 17.9 Å². The molecule has 0 amide bonds. The van der Waals surface area contributed by atoms with Crippen LogP contribution in [-0.4, -0.2) is 60.5 Å². The minimum atomic E-state index is 0.962. The van der Waals surface area contributed by atoms with E-state index in [-0.39, 0.29) is 0 Å². The summed E-state index contributed by atoms with van der Waals surface area (Å²) in [6.07, 6.45) is 15.0. The van der Waals surface area contributed by atoms with Gasteiger partial charge in [0.15, 0.2) is 0 Å². The van der Waals surface area contributed by atoms with E-state index in [0.29, 0.717) is 0 Å². The minimum absolute atomic E-state index is 0.962. The second-order valence-corrected chi connectivity index (χ2v) is 7.46. The van der Waals surface area contributed by atoms with Gasteiger partial charge in [0.25, 0.3) is 0 Å². The van der Waals surface area contributed by atoms with Gasteiger partial charge in [0.05, 0.1) is 0 Å². The van der Waals surface area contributed by atoms with Crippen molar-refractivity contribution in [3.05, 3.63) is 0 Å². The molecule has 6 heteroatoms. The molecule has 0 spiro atoms. The van der Waals surface area contributed by atoms with Gasteiger partial charge in [-0.1, -0.05) is 0 Å². The van der Waals surface area contributed by atoms with Crippen LogP contribution in [-0.2, 0) is 0 Å². The Labute approximate surface area is 145 Å². The molecule has 0 fully saturated rings. The molecular formula is C12H32S6. The van der Waals surface area contributed by atoms with E-state index in [9.17, 15) is 0 Å².